The van der Waals surface area contributed by atoms with Gasteiger partial charge in [0.15, 0.2) is 10.2 Å². The van der Waals surface area contributed by atoms with Crippen LogP contribution in [0.1, 0.15) is 37.8 Å². The number of allylic oxidation sites excluding steroid dienone is 1. The van der Waals surface area contributed by atoms with Gasteiger partial charge in [0.05, 0.1) is 5.69 Å². The smallest absolute Gasteiger partial charge is 0.189 e. The quantitative estimate of drug-likeness (QED) is 0.653. The summed E-state index contributed by atoms with van der Waals surface area (Å²) in [4.78, 5) is 4.32. The van der Waals surface area contributed by atoms with E-state index in [1.807, 2.05) is 12.3 Å². The van der Waals surface area contributed by atoms with Crippen LogP contribution >= 0.6 is 23.6 Å². The van der Waals surface area contributed by atoms with Crippen molar-refractivity contribution in [2.24, 2.45) is 0 Å². The van der Waals surface area contributed by atoms with Gasteiger partial charge in [0.25, 0.3) is 0 Å². The fourth-order valence-corrected chi connectivity index (χ4v) is 2.98. The van der Waals surface area contributed by atoms with E-state index >= 15 is 0 Å². The number of aromatic nitrogens is 1. The Bertz CT molecular complexity index is 437. The lowest BCUT2D eigenvalue weighted by Gasteiger charge is -2.13. The highest BCUT2D eigenvalue weighted by molar-refractivity contribution is 7.80. The SMILES string of the molecule is Cc1csc(NC(=S)NCCC2=CCCCC2)n1. The molecule has 0 amide bonds. The van der Waals surface area contributed by atoms with E-state index in [0.717, 1.165) is 23.8 Å². The highest BCUT2D eigenvalue weighted by Crippen LogP contribution is 2.19. The minimum atomic E-state index is 0.667. The zero-order valence-corrected chi connectivity index (χ0v) is 12.3. The molecule has 0 aromatic carbocycles. The van der Waals surface area contributed by atoms with Crippen LogP contribution in [-0.2, 0) is 0 Å². The summed E-state index contributed by atoms with van der Waals surface area (Å²) in [6.07, 6.45) is 8.67. The molecule has 0 unspecified atom stereocenters. The molecule has 1 aromatic heterocycles. The molecule has 1 aromatic rings. The number of thiazole rings is 1. The van der Waals surface area contributed by atoms with Crippen molar-refractivity contribution in [2.75, 3.05) is 11.9 Å². The molecule has 98 valence electrons. The predicted octanol–water partition coefficient (Wildman–Crippen LogP) is 3.63. The van der Waals surface area contributed by atoms with E-state index in [4.69, 9.17) is 12.2 Å². The molecule has 18 heavy (non-hydrogen) atoms. The summed E-state index contributed by atoms with van der Waals surface area (Å²) in [5, 5.41) is 9.88. The van der Waals surface area contributed by atoms with E-state index in [1.165, 1.54) is 25.7 Å². The van der Waals surface area contributed by atoms with Crippen LogP contribution < -0.4 is 10.6 Å². The number of anilines is 1. The lowest BCUT2D eigenvalue weighted by atomic mass is 9.97. The van der Waals surface area contributed by atoms with Gasteiger partial charge >= 0.3 is 0 Å². The highest BCUT2D eigenvalue weighted by atomic mass is 32.1. The zero-order valence-electron chi connectivity index (χ0n) is 10.7. The highest BCUT2D eigenvalue weighted by Gasteiger charge is 2.04. The number of nitrogens with zero attached hydrogens (tertiary/aromatic N) is 1. The van der Waals surface area contributed by atoms with E-state index in [-0.39, 0.29) is 0 Å². The van der Waals surface area contributed by atoms with Gasteiger partial charge in [0.2, 0.25) is 0 Å². The van der Waals surface area contributed by atoms with Crippen LogP contribution in [0, 0.1) is 6.92 Å². The Balaban J connectivity index is 1.67. The van der Waals surface area contributed by atoms with Gasteiger partial charge < -0.3 is 10.6 Å². The minimum Gasteiger partial charge on any atom is -0.362 e. The summed E-state index contributed by atoms with van der Waals surface area (Å²) < 4.78 is 0. The van der Waals surface area contributed by atoms with Crippen molar-refractivity contribution in [3.8, 4) is 0 Å². The molecule has 1 aliphatic carbocycles. The molecule has 0 aliphatic heterocycles. The summed E-state index contributed by atoms with van der Waals surface area (Å²) in [6.45, 7) is 2.88. The fraction of sp³-hybridized carbons (Fsp3) is 0.538. The topological polar surface area (TPSA) is 37.0 Å². The standard InChI is InChI=1S/C13H19N3S2/c1-10-9-18-13(15-10)16-12(17)14-8-7-11-5-3-2-4-6-11/h5,9H,2-4,6-8H2,1H3,(H2,14,15,16,17). The van der Waals surface area contributed by atoms with Crippen molar-refractivity contribution in [1.29, 1.82) is 0 Å². The summed E-state index contributed by atoms with van der Waals surface area (Å²) in [6, 6.07) is 0. The Kier molecular flexibility index (Phi) is 5.13. The first-order valence-corrected chi connectivity index (χ1v) is 7.68. The summed E-state index contributed by atoms with van der Waals surface area (Å²) in [5.74, 6) is 0. The monoisotopic (exact) mass is 281 g/mol. The Morgan fingerprint density at radius 3 is 3.06 bits per heavy atom. The number of hydrogen-bond acceptors (Lipinski definition) is 3. The molecule has 0 radical (unpaired) electrons. The molecular weight excluding hydrogens is 262 g/mol. The lowest BCUT2D eigenvalue weighted by Crippen LogP contribution is -2.29. The summed E-state index contributed by atoms with van der Waals surface area (Å²) in [7, 11) is 0. The first kappa shape index (κ1) is 13.5. The maximum atomic E-state index is 5.24. The summed E-state index contributed by atoms with van der Waals surface area (Å²) in [5.41, 5.74) is 2.60. The van der Waals surface area contributed by atoms with Crippen LogP contribution in [-0.4, -0.2) is 16.6 Å². The molecule has 2 N–H and O–H groups in total. The zero-order chi connectivity index (χ0) is 12.8. The predicted molar refractivity (Wildman–Crippen MR) is 82.2 cm³/mol. The largest absolute Gasteiger partial charge is 0.362 e. The van der Waals surface area contributed by atoms with Gasteiger partial charge in [-0.3, -0.25) is 0 Å². The van der Waals surface area contributed by atoms with Gasteiger partial charge in [-0.15, -0.1) is 11.3 Å². The number of nitrogens with one attached hydrogen (secondary N) is 2. The number of aryl methyl sites for hydroxylation is 1. The Morgan fingerprint density at radius 1 is 1.50 bits per heavy atom. The van der Waals surface area contributed by atoms with E-state index in [9.17, 15) is 0 Å². The van der Waals surface area contributed by atoms with E-state index in [0.29, 0.717) is 5.11 Å². The first-order chi connectivity index (χ1) is 8.74. The van der Waals surface area contributed by atoms with Crippen molar-refractivity contribution in [2.45, 2.75) is 39.0 Å². The maximum Gasteiger partial charge on any atom is 0.189 e. The Hall–Kier alpha value is -0.940. The van der Waals surface area contributed by atoms with Crippen LogP contribution in [0.3, 0.4) is 0 Å². The molecule has 0 saturated heterocycles. The number of hydrogen-bond donors (Lipinski definition) is 2. The van der Waals surface area contributed by atoms with Crippen molar-refractivity contribution in [3.63, 3.8) is 0 Å². The van der Waals surface area contributed by atoms with Gasteiger partial charge in [-0.05, 0) is 51.2 Å². The molecule has 0 bridgehead atoms. The number of thiocarbonyl (C=S) groups is 1. The van der Waals surface area contributed by atoms with Gasteiger partial charge in [0.1, 0.15) is 0 Å². The average Bonchev–Trinajstić information content (AvgIpc) is 2.76. The van der Waals surface area contributed by atoms with Crippen molar-refractivity contribution >= 4 is 33.8 Å². The van der Waals surface area contributed by atoms with Crippen LogP contribution in [0.5, 0.6) is 0 Å². The average molecular weight is 281 g/mol. The second kappa shape index (κ2) is 6.85. The lowest BCUT2D eigenvalue weighted by molar-refractivity contribution is 0.669. The van der Waals surface area contributed by atoms with E-state index < -0.39 is 0 Å². The molecule has 0 atom stereocenters. The van der Waals surface area contributed by atoms with Gasteiger partial charge in [0, 0.05) is 11.9 Å². The fourth-order valence-electron chi connectivity index (χ4n) is 2.02. The molecule has 2 rings (SSSR count). The maximum absolute atomic E-state index is 5.24. The number of rotatable bonds is 4. The Morgan fingerprint density at radius 2 is 2.39 bits per heavy atom. The molecule has 5 heteroatoms. The normalized spacial score (nSPS) is 15.1. The molecule has 0 spiro atoms. The van der Waals surface area contributed by atoms with Crippen LogP contribution in [0.25, 0.3) is 0 Å². The second-order valence-corrected chi connectivity index (χ2v) is 5.80. The van der Waals surface area contributed by atoms with Crippen molar-refractivity contribution in [1.82, 2.24) is 10.3 Å². The molecule has 0 fully saturated rings. The molecular formula is C13H19N3S2. The second-order valence-electron chi connectivity index (χ2n) is 4.53. The van der Waals surface area contributed by atoms with Gasteiger partial charge in [-0.1, -0.05) is 11.6 Å². The van der Waals surface area contributed by atoms with Crippen molar-refractivity contribution < 1.29 is 0 Å². The summed E-state index contributed by atoms with van der Waals surface area (Å²) >= 11 is 6.82. The first-order valence-electron chi connectivity index (χ1n) is 6.39. The molecule has 1 aliphatic rings. The van der Waals surface area contributed by atoms with E-state index in [2.05, 4.69) is 21.7 Å². The third kappa shape index (κ3) is 4.38. The van der Waals surface area contributed by atoms with Gasteiger partial charge in [-0.25, -0.2) is 4.98 Å². The van der Waals surface area contributed by atoms with Gasteiger partial charge in [-0.2, -0.15) is 0 Å². The molecule has 1 heterocycles. The van der Waals surface area contributed by atoms with Crippen LogP contribution in [0.15, 0.2) is 17.0 Å². The van der Waals surface area contributed by atoms with E-state index in [1.54, 1.807) is 16.9 Å². The molecule has 3 nitrogen and oxygen atoms in total. The molecule has 0 saturated carbocycles. The van der Waals surface area contributed by atoms with Crippen LogP contribution in [0.2, 0.25) is 0 Å². The third-order valence-electron chi connectivity index (χ3n) is 2.96. The van der Waals surface area contributed by atoms with Crippen LogP contribution in [0.4, 0.5) is 5.13 Å². The Labute approximate surface area is 118 Å². The third-order valence-corrected chi connectivity index (χ3v) is 4.08. The minimum absolute atomic E-state index is 0.667. The van der Waals surface area contributed by atoms with Crippen molar-refractivity contribution in [3.05, 3.63) is 22.7 Å².